The number of carbonyl (C=O) groups is 1. The Hall–Kier alpha value is -2.14. The highest BCUT2D eigenvalue weighted by atomic mass is 79.9. The Morgan fingerprint density at radius 2 is 2.00 bits per heavy atom. The van der Waals surface area contributed by atoms with Gasteiger partial charge in [-0.25, -0.2) is 4.98 Å². The first-order chi connectivity index (χ1) is 11.7. The number of carbonyl (C=O) groups excluding carboxylic acids is 1. The number of imidazole rings is 1. The van der Waals surface area contributed by atoms with E-state index in [0.717, 1.165) is 46.3 Å². The first-order valence-corrected chi connectivity index (χ1v) is 8.98. The van der Waals surface area contributed by atoms with Gasteiger partial charge in [0.1, 0.15) is 5.82 Å². The smallest absolute Gasteiger partial charge is 0.227 e. The number of fused-ring (bicyclic) bond motifs is 1. The van der Waals surface area contributed by atoms with Crippen molar-refractivity contribution >= 4 is 32.9 Å². The predicted octanol–water partition coefficient (Wildman–Crippen LogP) is 4.23. The number of aromatic amines is 1. The zero-order valence-electron chi connectivity index (χ0n) is 13.2. The Morgan fingerprint density at radius 1 is 1.21 bits per heavy atom. The largest absolute Gasteiger partial charge is 0.340 e. The molecule has 1 fully saturated rings. The van der Waals surface area contributed by atoms with Crippen molar-refractivity contribution in [3.8, 4) is 0 Å². The number of hydrogen-bond donors (Lipinski definition) is 1. The number of hydrogen-bond acceptors (Lipinski definition) is 2. The molecule has 1 aliphatic heterocycles. The van der Waals surface area contributed by atoms with Gasteiger partial charge in [-0.05, 0) is 42.7 Å². The minimum atomic E-state index is 0.0559. The Kier molecular flexibility index (Phi) is 4.10. The van der Waals surface area contributed by atoms with Gasteiger partial charge in [0.2, 0.25) is 5.91 Å². The molecule has 1 aromatic heterocycles. The molecule has 0 radical (unpaired) electrons. The number of nitrogens with zero attached hydrogens (tertiary/aromatic N) is 2. The summed E-state index contributed by atoms with van der Waals surface area (Å²) in [5, 5.41) is 0. The average molecular weight is 384 g/mol. The molecule has 1 saturated heterocycles. The zero-order valence-corrected chi connectivity index (χ0v) is 14.8. The van der Waals surface area contributed by atoms with Gasteiger partial charge < -0.3 is 9.88 Å². The summed E-state index contributed by atoms with van der Waals surface area (Å²) in [5.74, 6) is 1.07. The quantitative estimate of drug-likeness (QED) is 0.735. The third-order valence-corrected chi connectivity index (χ3v) is 5.09. The van der Waals surface area contributed by atoms with Crippen LogP contribution in [0.1, 0.15) is 30.3 Å². The van der Waals surface area contributed by atoms with Gasteiger partial charge in [-0.3, -0.25) is 4.79 Å². The van der Waals surface area contributed by atoms with Crippen LogP contribution in [0.4, 0.5) is 0 Å². The van der Waals surface area contributed by atoms with E-state index in [4.69, 9.17) is 4.98 Å². The molecule has 122 valence electrons. The number of amides is 1. The van der Waals surface area contributed by atoms with Gasteiger partial charge in [0.15, 0.2) is 0 Å². The van der Waals surface area contributed by atoms with Gasteiger partial charge >= 0.3 is 0 Å². The van der Waals surface area contributed by atoms with Crippen molar-refractivity contribution in [3.63, 3.8) is 0 Å². The van der Waals surface area contributed by atoms with Crippen LogP contribution in [-0.4, -0.2) is 27.3 Å². The van der Waals surface area contributed by atoms with E-state index in [9.17, 15) is 4.79 Å². The van der Waals surface area contributed by atoms with E-state index in [1.807, 2.05) is 53.4 Å². The molecule has 24 heavy (non-hydrogen) atoms. The second-order valence-electron chi connectivity index (χ2n) is 6.19. The molecule has 2 aromatic carbocycles. The first-order valence-electron chi connectivity index (χ1n) is 8.19. The van der Waals surface area contributed by atoms with Crippen molar-refractivity contribution in [1.82, 2.24) is 14.9 Å². The summed E-state index contributed by atoms with van der Waals surface area (Å²) >= 11 is 3.43. The van der Waals surface area contributed by atoms with Crippen molar-refractivity contribution < 1.29 is 4.79 Å². The number of nitrogens with one attached hydrogen (secondary N) is 1. The molecule has 1 amide bonds. The maximum absolute atomic E-state index is 12.8. The number of halogens is 1. The molecule has 2 heterocycles. The molecule has 0 saturated carbocycles. The van der Waals surface area contributed by atoms with Crippen LogP contribution in [0, 0.1) is 0 Å². The Labute approximate surface area is 149 Å². The molecule has 5 heteroatoms. The number of H-pyrrole nitrogens is 1. The van der Waals surface area contributed by atoms with E-state index < -0.39 is 0 Å². The summed E-state index contributed by atoms with van der Waals surface area (Å²) in [6, 6.07) is 16.0. The normalized spacial score (nSPS) is 17.5. The van der Waals surface area contributed by atoms with Gasteiger partial charge in [0, 0.05) is 11.0 Å². The van der Waals surface area contributed by atoms with Gasteiger partial charge in [-0.1, -0.05) is 40.2 Å². The highest BCUT2D eigenvalue weighted by Crippen LogP contribution is 2.32. The van der Waals surface area contributed by atoms with Crippen molar-refractivity contribution in [3.05, 3.63) is 64.4 Å². The number of aromatic nitrogens is 2. The topological polar surface area (TPSA) is 49.0 Å². The Balaban J connectivity index is 1.55. The highest BCUT2D eigenvalue weighted by molar-refractivity contribution is 9.10. The van der Waals surface area contributed by atoms with E-state index in [2.05, 4.69) is 20.9 Å². The fourth-order valence-corrected chi connectivity index (χ4v) is 3.62. The van der Waals surface area contributed by atoms with E-state index in [-0.39, 0.29) is 11.9 Å². The van der Waals surface area contributed by atoms with Crippen LogP contribution >= 0.6 is 15.9 Å². The molecule has 3 aromatic rings. The second-order valence-corrected chi connectivity index (χ2v) is 7.10. The van der Waals surface area contributed by atoms with Gasteiger partial charge in [0.05, 0.1) is 23.5 Å². The third kappa shape index (κ3) is 2.96. The lowest BCUT2D eigenvalue weighted by Crippen LogP contribution is -2.32. The molecule has 1 aliphatic rings. The van der Waals surface area contributed by atoms with Gasteiger partial charge in [-0.15, -0.1) is 0 Å². The summed E-state index contributed by atoms with van der Waals surface area (Å²) in [5.41, 5.74) is 3.03. The van der Waals surface area contributed by atoms with Crippen LogP contribution in [0.3, 0.4) is 0 Å². The summed E-state index contributed by atoms with van der Waals surface area (Å²) in [4.78, 5) is 22.8. The molecular weight excluding hydrogens is 366 g/mol. The van der Waals surface area contributed by atoms with Crippen molar-refractivity contribution in [2.24, 2.45) is 0 Å². The van der Waals surface area contributed by atoms with Crippen molar-refractivity contribution in [2.45, 2.75) is 25.3 Å². The Morgan fingerprint density at radius 3 is 2.79 bits per heavy atom. The fraction of sp³-hybridized carbons (Fsp3) is 0.263. The molecule has 1 atom stereocenters. The van der Waals surface area contributed by atoms with E-state index in [1.54, 1.807) is 0 Å². The summed E-state index contributed by atoms with van der Waals surface area (Å²) in [6.07, 6.45) is 2.42. The molecule has 1 N–H and O–H groups in total. The zero-order chi connectivity index (χ0) is 16.5. The molecule has 0 bridgehead atoms. The minimum absolute atomic E-state index is 0.0559. The van der Waals surface area contributed by atoms with E-state index in [1.165, 1.54) is 0 Å². The van der Waals surface area contributed by atoms with Crippen molar-refractivity contribution in [2.75, 3.05) is 6.54 Å². The van der Waals surface area contributed by atoms with Crippen LogP contribution < -0.4 is 0 Å². The maximum atomic E-state index is 12.8. The second kappa shape index (κ2) is 6.40. The summed E-state index contributed by atoms with van der Waals surface area (Å²) in [7, 11) is 0. The van der Waals surface area contributed by atoms with E-state index >= 15 is 0 Å². The number of benzene rings is 2. The first kappa shape index (κ1) is 15.4. The van der Waals surface area contributed by atoms with Gasteiger partial charge in [-0.2, -0.15) is 0 Å². The minimum Gasteiger partial charge on any atom is -0.340 e. The monoisotopic (exact) mass is 383 g/mol. The molecule has 0 spiro atoms. The number of likely N-dealkylation sites (tertiary alicyclic amines) is 1. The van der Waals surface area contributed by atoms with Crippen LogP contribution in [0.2, 0.25) is 0 Å². The van der Waals surface area contributed by atoms with Gasteiger partial charge in [0.25, 0.3) is 0 Å². The van der Waals surface area contributed by atoms with Crippen LogP contribution in [0.25, 0.3) is 11.0 Å². The lowest BCUT2D eigenvalue weighted by atomic mass is 10.1. The molecule has 0 aliphatic carbocycles. The van der Waals surface area contributed by atoms with Crippen molar-refractivity contribution in [1.29, 1.82) is 0 Å². The lowest BCUT2D eigenvalue weighted by molar-refractivity contribution is -0.131. The van der Waals surface area contributed by atoms with Crippen LogP contribution in [-0.2, 0) is 11.2 Å². The van der Waals surface area contributed by atoms with Crippen LogP contribution in [0.5, 0.6) is 0 Å². The highest BCUT2D eigenvalue weighted by Gasteiger charge is 2.31. The average Bonchev–Trinajstić information content (AvgIpc) is 3.23. The summed E-state index contributed by atoms with van der Waals surface area (Å²) in [6.45, 7) is 0.803. The molecular formula is C19H18BrN3O. The SMILES string of the molecule is O=C(Cc1ccc(Br)cc1)N1CCC[C@H]1c1nc2ccccc2[nH]1. The fourth-order valence-electron chi connectivity index (χ4n) is 3.36. The lowest BCUT2D eigenvalue weighted by Gasteiger charge is -2.23. The number of para-hydroxylation sites is 2. The molecule has 4 rings (SSSR count). The summed E-state index contributed by atoms with van der Waals surface area (Å²) < 4.78 is 1.03. The maximum Gasteiger partial charge on any atom is 0.227 e. The molecule has 0 unspecified atom stereocenters. The molecule has 4 nitrogen and oxygen atoms in total. The van der Waals surface area contributed by atoms with E-state index in [0.29, 0.717) is 6.42 Å². The predicted molar refractivity (Wildman–Crippen MR) is 97.6 cm³/mol. The standard InChI is InChI=1S/C19H18BrN3O/c20-14-9-7-13(8-10-14)12-18(24)23-11-3-6-17(23)19-21-15-4-1-2-5-16(15)22-19/h1-2,4-5,7-10,17H,3,6,11-12H2,(H,21,22)/t17-/m0/s1. The third-order valence-electron chi connectivity index (χ3n) is 4.57. The number of rotatable bonds is 3. The van der Waals surface area contributed by atoms with Crippen LogP contribution in [0.15, 0.2) is 53.0 Å². The Bertz CT molecular complexity index is 839.